The molecule has 1 N–H and O–H groups in total. The molecule has 2 heterocycles. The number of aromatic nitrogens is 1. The van der Waals surface area contributed by atoms with E-state index in [4.69, 9.17) is 9.47 Å². The monoisotopic (exact) mass is 355 g/mol. The van der Waals surface area contributed by atoms with E-state index in [9.17, 15) is 4.79 Å². The molecular weight excluding hydrogens is 330 g/mol. The molecule has 0 saturated carbocycles. The van der Waals surface area contributed by atoms with Gasteiger partial charge < -0.3 is 19.7 Å². The van der Waals surface area contributed by atoms with E-state index in [2.05, 4.69) is 10.3 Å². The van der Waals surface area contributed by atoms with Crippen molar-refractivity contribution >= 4 is 17.4 Å². The fourth-order valence-electron chi connectivity index (χ4n) is 2.98. The highest BCUT2D eigenvalue weighted by Crippen LogP contribution is 2.24. The first-order chi connectivity index (χ1) is 12.5. The van der Waals surface area contributed by atoms with Crippen LogP contribution in [0.3, 0.4) is 0 Å². The normalized spacial score (nSPS) is 16.2. The van der Waals surface area contributed by atoms with Gasteiger partial charge in [-0.05, 0) is 57.2 Å². The van der Waals surface area contributed by atoms with Crippen LogP contribution < -0.4 is 10.1 Å². The molecule has 1 saturated heterocycles. The zero-order chi connectivity index (χ0) is 18.6. The van der Waals surface area contributed by atoms with Crippen molar-refractivity contribution in [1.82, 2.24) is 9.88 Å². The number of rotatable bonds is 5. The maximum atomic E-state index is 13.0. The quantitative estimate of drug-likeness (QED) is 0.890. The van der Waals surface area contributed by atoms with Crippen LogP contribution >= 0.6 is 0 Å². The van der Waals surface area contributed by atoms with Crippen molar-refractivity contribution < 1.29 is 14.3 Å². The summed E-state index contributed by atoms with van der Waals surface area (Å²) >= 11 is 0. The second-order valence-electron chi connectivity index (χ2n) is 6.82. The molecule has 0 bridgehead atoms. The molecule has 1 fully saturated rings. The minimum Gasteiger partial charge on any atom is -0.494 e. The highest BCUT2D eigenvalue weighted by molar-refractivity contribution is 5.99. The number of ether oxygens (including phenoxy) is 2. The molecule has 1 aromatic carbocycles. The predicted molar refractivity (Wildman–Crippen MR) is 101 cm³/mol. The molecule has 0 radical (unpaired) electrons. The number of nitrogens with zero attached hydrogens (tertiary/aromatic N) is 2. The van der Waals surface area contributed by atoms with Crippen LogP contribution in [0.1, 0.15) is 31.1 Å². The fraction of sp³-hybridized carbons (Fsp3) is 0.400. The lowest BCUT2D eigenvalue weighted by Crippen LogP contribution is -2.50. The number of hydrogen-bond donors (Lipinski definition) is 1. The third kappa shape index (κ3) is 4.32. The number of hydrogen-bond acceptors (Lipinski definition) is 5. The molecule has 0 atom stereocenters. The standard InChI is InChI=1S/C20H25N3O3/c1-4-25-16-9-7-15(8-10-16)22-18-17(6-5-11-21-18)19(24)23-12-13-26-20(2,3)14-23/h5-11H,4,12-14H2,1-3H3,(H,21,22). The minimum absolute atomic E-state index is 0.0390. The van der Waals surface area contributed by atoms with Gasteiger partial charge in [-0.3, -0.25) is 4.79 Å². The van der Waals surface area contributed by atoms with Crippen molar-refractivity contribution in [3.8, 4) is 5.75 Å². The second kappa shape index (κ2) is 7.74. The third-order valence-corrected chi connectivity index (χ3v) is 4.18. The average Bonchev–Trinajstić information content (AvgIpc) is 2.63. The summed E-state index contributed by atoms with van der Waals surface area (Å²) in [6, 6.07) is 11.2. The van der Waals surface area contributed by atoms with Crippen molar-refractivity contribution in [2.45, 2.75) is 26.4 Å². The number of benzene rings is 1. The molecule has 26 heavy (non-hydrogen) atoms. The zero-order valence-electron chi connectivity index (χ0n) is 15.5. The fourth-order valence-corrected chi connectivity index (χ4v) is 2.98. The lowest BCUT2D eigenvalue weighted by atomic mass is 10.1. The summed E-state index contributed by atoms with van der Waals surface area (Å²) in [6.45, 7) is 8.25. The summed E-state index contributed by atoms with van der Waals surface area (Å²) in [7, 11) is 0. The van der Waals surface area contributed by atoms with Gasteiger partial charge in [0.15, 0.2) is 0 Å². The number of anilines is 2. The molecule has 1 aliphatic heterocycles. The van der Waals surface area contributed by atoms with E-state index in [1.54, 1.807) is 18.3 Å². The van der Waals surface area contributed by atoms with Crippen molar-refractivity contribution in [1.29, 1.82) is 0 Å². The molecule has 0 aliphatic carbocycles. The zero-order valence-corrected chi connectivity index (χ0v) is 15.5. The minimum atomic E-state index is -0.335. The topological polar surface area (TPSA) is 63.7 Å². The number of amides is 1. The Bertz CT molecular complexity index is 759. The van der Waals surface area contributed by atoms with Crippen molar-refractivity contribution in [2.24, 2.45) is 0 Å². The number of morpholine rings is 1. The van der Waals surface area contributed by atoms with E-state index in [1.165, 1.54) is 0 Å². The van der Waals surface area contributed by atoms with Crippen LogP contribution in [0.15, 0.2) is 42.6 Å². The summed E-state index contributed by atoms with van der Waals surface area (Å²) in [6.07, 6.45) is 1.68. The first-order valence-corrected chi connectivity index (χ1v) is 8.86. The molecule has 138 valence electrons. The number of carbonyl (C=O) groups excluding carboxylic acids is 1. The predicted octanol–water partition coefficient (Wildman–Crippen LogP) is 3.47. The number of nitrogens with one attached hydrogen (secondary N) is 1. The molecule has 0 unspecified atom stereocenters. The Labute approximate surface area is 154 Å². The van der Waals surface area contributed by atoms with E-state index in [1.807, 2.05) is 49.9 Å². The van der Waals surface area contributed by atoms with Crippen molar-refractivity contribution in [2.75, 3.05) is 31.6 Å². The van der Waals surface area contributed by atoms with Crippen LogP contribution in [0.25, 0.3) is 0 Å². The SMILES string of the molecule is CCOc1ccc(Nc2ncccc2C(=O)N2CCOC(C)(C)C2)cc1. The second-order valence-corrected chi connectivity index (χ2v) is 6.82. The van der Waals surface area contributed by atoms with Gasteiger partial charge in [0.2, 0.25) is 0 Å². The van der Waals surface area contributed by atoms with E-state index in [0.717, 1.165) is 11.4 Å². The Kier molecular flexibility index (Phi) is 5.42. The maximum absolute atomic E-state index is 13.0. The van der Waals surface area contributed by atoms with Crippen molar-refractivity contribution in [3.63, 3.8) is 0 Å². The molecule has 6 heteroatoms. The van der Waals surface area contributed by atoms with Gasteiger partial charge in [0.25, 0.3) is 5.91 Å². The van der Waals surface area contributed by atoms with Crippen molar-refractivity contribution in [3.05, 3.63) is 48.2 Å². The number of pyridine rings is 1. The first kappa shape index (κ1) is 18.2. The average molecular weight is 355 g/mol. The molecule has 1 aliphatic rings. The van der Waals surface area contributed by atoms with Crippen LogP contribution in [0.4, 0.5) is 11.5 Å². The highest BCUT2D eigenvalue weighted by atomic mass is 16.5. The smallest absolute Gasteiger partial charge is 0.257 e. The summed E-state index contributed by atoms with van der Waals surface area (Å²) in [5.41, 5.74) is 1.07. The molecule has 1 amide bonds. The summed E-state index contributed by atoms with van der Waals surface area (Å²) in [4.78, 5) is 19.2. The highest BCUT2D eigenvalue weighted by Gasteiger charge is 2.31. The van der Waals surface area contributed by atoms with Gasteiger partial charge in [-0.15, -0.1) is 0 Å². The lowest BCUT2D eigenvalue weighted by Gasteiger charge is -2.38. The Hall–Kier alpha value is -2.60. The van der Waals surface area contributed by atoms with Crippen LogP contribution in [0, 0.1) is 0 Å². The van der Waals surface area contributed by atoms with E-state index in [-0.39, 0.29) is 11.5 Å². The molecule has 1 aromatic heterocycles. The Morgan fingerprint density at radius 2 is 2.08 bits per heavy atom. The summed E-state index contributed by atoms with van der Waals surface area (Å²) < 4.78 is 11.2. The van der Waals surface area contributed by atoms with Gasteiger partial charge in [-0.1, -0.05) is 0 Å². The Balaban J connectivity index is 1.78. The van der Waals surface area contributed by atoms with E-state index in [0.29, 0.717) is 37.7 Å². The van der Waals surface area contributed by atoms with Crippen LogP contribution in [0.5, 0.6) is 5.75 Å². The van der Waals surface area contributed by atoms with Gasteiger partial charge in [0, 0.05) is 25.0 Å². The van der Waals surface area contributed by atoms with Crippen LogP contribution in [-0.4, -0.2) is 47.7 Å². The molecular formula is C20H25N3O3. The largest absolute Gasteiger partial charge is 0.494 e. The van der Waals surface area contributed by atoms with Gasteiger partial charge in [0.1, 0.15) is 11.6 Å². The molecule has 2 aromatic rings. The first-order valence-electron chi connectivity index (χ1n) is 8.86. The van der Waals surface area contributed by atoms with Gasteiger partial charge in [-0.2, -0.15) is 0 Å². The van der Waals surface area contributed by atoms with Crippen LogP contribution in [0.2, 0.25) is 0 Å². The summed E-state index contributed by atoms with van der Waals surface area (Å²) in [5.74, 6) is 1.32. The van der Waals surface area contributed by atoms with Gasteiger partial charge >= 0.3 is 0 Å². The van der Waals surface area contributed by atoms with E-state index < -0.39 is 0 Å². The lowest BCUT2D eigenvalue weighted by molar-refractivity contribution is -0.0763. The summed E-state index contributed by atoms with van der Waals surface area (Å²) in [5, 5.41) is 3.24. The third-order valence-electron chi connectivity index (χ3n) is 4.18. The van der Waals surface area contributed by atoms with Gasteiger partial charge in [0.05, 0.1) is 24.4 Å². The molecule has 0 spiro atoms. The molecule has 3 rings (SSSR count). The van der Waals surface area contributed by atoms with Crippen LogP contribution in [-0.2, 0) is 4.74 Å². The van der Waals surface area contributed by atoms with E-state index >= 15 is 0 Å². The van der Waals surface area contributed by atoms with Gasteiger partial charge in [-0.25, -0.2) is 4.98 Å². The number of carbonyl (C=O) groups is 1. The maximum Gasteiger partial charge on any atom is 0.257 e. The Morgan fingerprint density at radius 1 is 1.31 bits per heavy atom. The Morgan fingerprint density at radius 3 is 2.77 bits per heavy atom. The molecule has 6 nitrogen and oxygen atoms in total.